The quantitative estimate of drug-likeness (QED) is 0.799. The smallest absolute Gasteiger partial charge is 0.313 e. The molecule has 1 aliphatic rings. The summed E-state index contributed by atoms with van der Waals surface area (Å²) in [6.07, 6.45) is 3.38. The van der Waals surface area contributed by atoms with Crippen LogP contribution in [-0.2, 0) is 9.59 Å². The van der Waals surface area contributed by atoms with E-state index in [1.165, 1.54) is 6.20 Å². The van der Waals surface area contributed by atoms with Crippen LogP contribution in [0.1, 0.15) is 42.5 Å². The summed E-state index contributed by atoms with van der Waals surface area (Å²) in [4.78, 5) is 31.4. The van der Waals surface area contributed by atoms with Crippen molar-refractivity contribution >= 4 is 23.3 Å². The molecule has 0 radical (unpaired) electrons. The van der Waals surface area contributed by atoms with E-state index in [4.69, 9.17) is 5.73 Å². The Labute approximate surface area is 159 Å². The molecule has 2 amide bonds. The van der Waals surface area contributed by atoms with Gasteiger partial charge in [0.1, 0.15) is 5.82 Å². The molecule has 2 aromatic rings. The van der Waals surface area contributed by atoms with Crippen molar-refractivity contribution < 1.29 is 9.59 Å². The summed E-state index contributed by atoms with van der Waals surface area (Å²) in [5.41, 5.74) is 8.99. The van der Waals surface area contributed by atoms with E-state index in [1.807, 2.05) is 44.2 Å². The van der Waals surface area contributed by atoms with Gasteiger partial charge in [0.25, 0.3) is 0 Å². The summed E-state index contributed by atoms with van der Waals surface area (Å²) in [5, 5.41) is 2.71. The number of carbonyl (C=O) groups excluding carboxylic acids is 2. The molecule has 6 nitrogen and oxygen atoms in total. The van der Waals surface area contributed by atoms with E-state index in [-0.39, 0.29) is 6.04 Å². The number of nitrogens with one attached hydrogen (secondary N) is 1. The van der Waals surface area contributed by atoms with Crippen LogP contribution in [0.5, 0.6) is 0 Å². The minimum absolute atomic E-state index is 0.0759. The molecule has 6 heteroatoms. The minimum atomic E-state index is -0.640. The Morgan fingerprint density at radius 3 is 2.56 bits per heavy atom. The largest absolute Gasteiger partial charge is 0.383 e. The summed E-state index contributed by atoms with van der Waals surface area (Å²) in [5.74, 6) is -0.363. The van der Waals surface area contributed by atoms with Gasteiger partial charge in [0.15, 0.2) is 0 Å². The van der Waals surface area contributed by atoms with E-state index >= 15 is 0 Å². The Morgan fingerprint density at radius 2 is 1.85 bits per heavy atom. The van der Waals surface area contributed by atoms with Crippen LogP contribution in [-0.4, -0.2) is 28.2 Å². The highest BCUT2D eigenvalue weighted by Gasteiger charge is 2.34. The number of amides is 2. The van der Waals surface area contributed by atoms with Gasteiger partial charge in [-0.3, -0.25) is 9.59 Å². The zero-order valence-corrected chi connectivity index (χ0v) is 16.0. The average Bonchev–Trinajstić information content (AvgIpc) is 2.68. The molecule has 3 rings (SSSR count). The molecule has 1 aliphatic heterocycles. The summed E-state index contributed by atoms with van der Waals surface area (Å²) in [6.45, 7) is 6.37. The lowest BCUT2D eigenvalue weighted by molar-refractivity contribution is -0.146. The fourth-order valence-electron chi connectivity index (χ4n) is 3.55. The number of nitrogen functional groups attached to an aromatic ring is 1. The van der Waals surface area contributed by atoms with Crippen molar-refractivity contribution in [2.45, 2.75) is 39.7 Å². The normalized spacial score (nSPS) is 19.6. The number of piperidine rings is 1. The number of benzene rings is 1. The Balaban J connectivity index is 1.81. The number of hydrogen-bond acceptors (Lipinski definition) is 4. The number of nitrogens with two attached hydrogens (primary N) is 1. The molecule has 142 valence electrons. The van der Waals surface area contributed by atoms with Gasteiger partial charge in [-0.2, -0.15) is 0 Å². The van der Waals surface area contributed by atoms with E-state index in [2.05, 4.69) is 17.2 Å². The number of nitrogens with zero attached hydrogens (tertiary/aromatic N) is 2. The predicted octanol–water partition coefficient (Wildman–Crippen LogP) is 3.22. The number of anilines is 2. The second-order valence-corrected chi connectivity index (χ2v) is 7.33. The van der Waals surface area contributed by atoms with E-state index in [0.29, 0.717) is 24.0 Å². The van der Waals surface area contributed by atoms with Gasteiger partial charge in [-0.25, -0.2) is 4.98 Å². The summed E-state index contributed by atoms with van der Waals surface area (Å²) in [6, 6.07) is 9.82. The van der Waals surface area contributed by atoms with Crippen LogP contribution >= 0.6 is 0 Å². The van der Waals surface area contributed by atoms with E-state index in [9.17, 15) is 9.59 Å². The first-order valence-electron chi connectivity index (χ1n) is 9.27. The van der Waals surface area contributed by atoms with Crippen molar-refractivity contribution in [1.29, 1.82) is 0 Å². The maximum atomic E-state index is 13.0. The number of likely N-dealkylation sites (tertiary alicyclic amines) is 1. The van der Waals surface area contributed by atoms with Crippen LogP contribution in [0.3, 0.4) is 0 Å². The first kappa shape index (κ1) is 18.9. The average molecular weight is 366 g/mol. The molecule has 0 saturated carbocycles. The molecule has 1 aromatic carbocycles. The van der Waals surface area contributed by atoms with Crippen LogP contribution in [0.25, 0.3) is 0 Å². The highest BCUT2D eigenvalue weighted by atomic mass is 16.2. The fourth-order valence-corrected chi connectivity index (χ4v) is 3.55. The van der Waals surface area contributed by atoms with Gasteiger partial charge in [0.05, 0.1) is 17.9 Å². The number of aromatic nitrogens is 1. The number of carbonyl (C=O) groups is 2. The van der Waals surface area contributed by atoms with E-state index in [0.717, 1.165) is 29.5 Å². The third kappa shape index (κ3) is 3.94. The zero-order chi connectivity index (χ0) is 19.6. The number of rotatable bonds is 2. The molecule has 1 saturated heterocycles. The van der Waals surface area contributed by atoms with Crippen molar-refractivity contribution in [3.8, 4) is 0 Å². The van der Waals surface area contributed by atoms with Crippen molar-refractivity contribution in [3.05, 3.63) is 53.2 Å². The van der Waals surface area contributed by atoms with Gasteiger partial charge in [0, 0.05) is 6.54 Å². The zero-order valence-electron chi connectivity index (χ0n) is 16.0. The summed E-state index contributed by atoms with van der Waals surface area (Å²) in [7, 11) is 0. The Hall–Kier alpha value is -2.89. The molecule has 0 spiro atoms. The lowest BCUT2D eigenvalue weighted by atomic mass is 9.90. The van der Waals surface area contributed by atoms with Crippen molar-refractivity contribution in [2.75, 3.05) is 17.6 Å². The molecule has 1 aromatic heterocycles. The molecular weight excluding hydrogens is 340 g/mol. The van der Waals surface area contributed by atoms with E-state index < -0.39 is 11.8 Å². The van der Waals surface area contributed by atoms with Gasteiger partial charge in [0.2, 0.25) is 0 Å². The second kappa shape index (κ2) is 7.78. The monoisotopic (exact) mass is 366 g/mol. The first-order chi connectivity index (χ1) is 12.9. The molecule has 27 heavy (non-hydrogen) atoms. The van der Waals surface area contributed by atoms with Crippen molar-refractivity contribution in [2.24, 2.45) is 5.92 Å². The Morgan fingerprint density at radius 1 is 1.15 bits per heavy atom. The number of hydrogen-bond donors (Lipinski definition) is 2. The van der Waals surface area contributed by atoms with E-state index in [1.54, 1.807) is 4.90 Å². The van der Waals surface area contributed by atoms with Crippen molar-refractivity contribution in [1.82, 2.24) is 9.88 Å². The third-order valence-corrected chi connectivity index (χ3v) is 5.39. The van der Waals surface area contributed by atoms with Gasteiger partial charge in [-0.1, -0.05) is 37.3 Å². The molecule has 3 N–H and O–H groups in total. The number of pyridine rings is 1. The molecule has 0 aliphatic carbocycles. The molecule has 1 fully saturated rings. The molecule has 2 heterocycles. The van der Waals surface area contributed by atoms with Gasteiger partial charge < -0.3 is 16.0 Å². The standard InChI is InChI=1S/C21H26N4O2/c1-13-9-10-18(16-7-5-4-6-8-16)25(12-13)21(27)20(26)24-17-11-23-19(22)15(3)14(17)2/h4-8,11,13,18H,9-10,12H2,1-3H3,(H2,22,23)(H,24,26)/t13-,18?/m0/s1. The van der Waals surface area contributed by atoms with Gasteiger partial charge in [-0.05, 0) is 49.3 Å². The molecule has 1 unspecified atom stereocenters. The van der Waals surface area contributed by atoms with Crippen LogP contribution in [0.15, 0.2) is 36.5 Å². The van der Waals surface area contributed by atoms with Crippen LogP contribution in [0, 0.1) is 19.8 Å². The van der Waals surface area contributed by atoms with Gasteiger partial charge in [-0.15, -0.1) is 0 Å². The minimum Gasteiger partial charge on any atom is -0.383 e. The predicted molar refractivity (Wildman–Crippen MR) is 106 cm³/mol. The van der Waals surface area contributed by atoms with Crippen LogP contribution in [0.4, 0.5) is 11.5 Å². The Bertz CT molecular complexity index is 851. The highest BCUT2D eigenvalue weighted by Crippen LogP contribution is 2.33. The SMILES string of the molecule is Cc1c(NC(=O)C(=O)N2C[C@@H](C)CCC2c2ccccc2)cnc(N)c1C. The molecule has 2 atom stereocenters. The first-order valence-corrected chi connectivity index (χ1v) is 9.27. The van der Waals surface area contributed by atoms with Crippen LogP contribution in [0.2, 0.25) is 0 Å². The molecular formula is C21H26N4O2. The van der Waals surface area contributed by atoms with Crippen LogP contribution < -0.4 is 11.1 Å². The topological polar surface area (TPSA) is 88.3 Å². The van der Waals surface area contributed by atoms with Gasteiger partial charge >= 0.3 is 11.8 Å². The third-order valence-electron chi connectivity index (χ3n) is 5.39. The fraction of sp³-hybridized carbons (Fsp3) is 0.381. The second-order valence-electron chi connectivity index (χ2n) is 7.33. The maximum Gasteiger partial charge on any atom is 0.313 e. The summed E-state index contributed by atoms with van der Waals surface area (Å²) < 4.78 is 0. The summed E-state index contributed by atoms with van der Waals surface area (Å²) >= 11 is 0. The lowest BCUT2D eigenvalue weighted by Crippen LogP contribution is -2.46. The lowest BCUT2D eigenvalue weighted by Gasteiger charge is -2.38. The molecule has 0 bridgehead atoms. The maximum absolute atomic E-state index is 13.0. The van der Waals surface area contributed by atoms with Crippen molar-refractivity contribution in [3.63, 3.8) is 0 Å². The highest BCUT2D eigenvalue weighted by molar-refractivity contribution is 6.39. The Kier molecular flexibility index (Phi) is 5.44.